The summed E-state index contributed by atoms with van der Waals surface area (Å²) in [6.07, 6.45) is 0.828. The van der Waals surface area contributed by atoms with Crippen molar-refractivity contribution in [2.75, 3.05) is 18.9 Å². The molecule has 0 aliphatic carbocycles. The van der Waals surface area contributed by atoms with Gasteiger partial charge in [-0.15, -0.1) is 0 Å². The van der Waals surface area contributed by atoms with Gasteiger partial charge in [-0.3, -0.25) is 0 Å². The van der Waals surface area contributed by atoms with Gasteiger partial charge in [0.15, 0.2) is 9.84 Å². The highest BCUT2D eigenvalue weighted by Gasteiger charge is 2.38. The second-order valence-corrected chi connectivity index (χ2v) is 6.85. The summed E-state index contributed by atoms with van der Waals surface area (Å²) < 4.78 is 25.2. The van der Waals surface area contributed by atoms with Crippen molar-refractivity contribution in [3.63, 3.8) is 0 Å². The summed E-state index contributed by atoms with van der Waals surface area (Å²) in [7, 11) is -1.47. The normalized spacial score (nSPS) is 25.3. The fourth-order valence-electron chi connectivity index (χ4n) is 2.51. The molecule has 18 heavy (non-hydrogen) atoms. The molecule has 1 heterocycles. The number of hydrogen-bond donors (Lipinski definition) is 2. The van der Waals surface area contributed by atoms with Crippen molar-refractivity contribution < 1.29 is 8.42 Å². The van der Waals surface area contributed by atoms with Crippen molar-refractivity contribution >= 4 is 15.5 Å². The molecule has 2 N–H and O–H groups in total. The van der Waals surface area contributed by atoms with Crippen molar-refractivity contribution in [2.24, 2.45) is 0 Å². The van der Waals surface area contributed by atoms with E-state index in [-0.39, 0.29) is 6.04 Å². The standard InChI is InChI=1S/C13H20N2O2S/c1-4-10-6-5-7-11-13(10)15-9(2)12(8-14-3)18(11,16)17/h5-7,9,12,14-15H,4,8H2,1-3H3. The number of fused-ring (bicyclic) bond motifs is 1. The fourth-order valence-corrected chi connectivity index (χ4v) is 4.57. The Morgan fingerprint density at radius 2 is 2.11 bits per heavy atom. The summed E-state index contributed by atoms with van der Waals surface area (Å²) in [6, 6.07) is 5.42. The maximum Gasteiger partial charge on any atom is 0.186 e. The zero-order chi connectivity index (χ0) is 13.3. The van der Waals surface area contributed by atoms with Crippen molar-refractivity contribution in [3.8, 4) is 0 Å². The van der Waals surface area contributed by atoms with Gasteiger partial charge in [-0.1, -0.05) is 19.1 Å². The van der Waals surface area contributed by atoms with Gasteiger partial charge >= 0.3 is 0 Å². The molecule has 2 unspecified atom stereocenters. The Kier molecular flexibility index (Phi) is 3.64. The lowest BCUT2D eigenvalue weighted by Crippen LogP contribution is -2.47. The number of benzene rings is 1. The van der Waals surface area contributed by atoms with E-state index in [9.17, 15) is 8.42 Å². The quantitative estimate of drug-likeness (QED) is 0.870. The van der Waals surface area contributed by atoms with E-state index in [0.29, 0.717) is 11.4 Å². The SMILES string of the molecule is CCc1cccc2c1NC(C)C(CNC)S2(=O)=O. The summed E-state index contributed by atoms with van der Waals surface area (Å²) in [6.45, 7) is 4.43. The Morgan fingerprint density at radius 1 is 1.39 bits per heavy atom. The first-order chi connectivity index (χ1) is 8.52. The van der Waals surface area contributed by atoms with Crippen LogP contribution in [0.3, 0.4) is 0 Å². The predicted octanol–water partition coefficient (Wildman–Crippen LogP) is 1.42. The van der Waals surface area contributed by atoms with Gasteiger partial charge < -0.3 is 10.6 Å². The second-order valence-electron chi connectivity index (χ2n) is 4.72. The van der Waals surface area contributed by atoms with Crippen LogP contribution in [0.1, 0.15) is 19.4 Å². The zero-order valence-corrected chi connectivity index (χ0v) is 11.8. The van der Waals surface area contributed by atoms with Crippen LogP contribution in [0.4, 0.5) is 5.69 Å². The van der Waals surface area contributed by atoms with Crippen LogP contribution in [0, 0.1) is 0 Å². The fraction of sp³-hybridized carbons (Fsp3) is 0.538. The molecule has 0 amide bonds. The first-order valence-corrected chi connectivity index (χ1v) is 7.84. The highest BCUT2D eigenvalue weighted by Crippen LogP contribution is 2.35. The Hall–Kier alpha value is -1.07. The largest absolute Gasteiger partial charge is 0.380 e. The summed E-state index contributed by atoms with van der Waals surface area (Å²) in [5.41, 5.74) is 1.85. The lowest BCUT2D eigenvalue weighted by atomic mass is 10.1. The highest BCUT2D eigenvalue weighted by atomic mass is 32.2. The predicted molar refractivity (Wildman–Crippen MR) is 73.8 cm³/mol. The van der Waals surface area contributed by atoms with E-state index in [1.54, 1.807) is 13.1 Å². The van der Waals surface area contributed by atoms with Crippen molar-refractivity contribution in [3.05, 3.63) is 23.8 Å². The first-order valence-electron chi connectivity index (χ1n) is 6.29. The average molecular weight is 268 g/mol. The monoisotopic (exact) mass is 268 g/mol. The van der Waals surface area contributed by atoms with Gasteiger partial charge in [-0.2, -0.15) is 0 Å². The summed E-state index contributed by atoms with van der Waals surface area (Å²) in [5, 5.41) is 5.90. The summed E-state index contributed by atoms with van der Waals surface area (Å²) in [4.78, 5) is 0.445. The van der Waals surface area contributed by atoms with Gasteiger partial charge in [-0.05, 0) is 32.0 Å². The molecular weight excluding hydrogens is 248 g/mol. The number of aryl methyl sites for hydroxylation is 1. The number of sulfone groups is 1. The molecule has 0 aromatic heterocycles. The lowest BCUT2D eigenvalue weighted by Gasteiger charge is -2.33. The Morgan fingerprint density at radius 3 is 2.72 bits per heavy atom. The smallest absolute Gasteiger partial charge is 0.186 e. The molecule has 0 saturated carbocycles. The van der Waals surface area contributed by atoms with Gasteiger partial charge in [-0.25, -0.2) is 8.42 Å². The van der Waals surface area contributed by atoms with E-state index < -0.39 is 15.1 Å². The van der Waals surface area contributed by atoms with Crippen molar-refractivity contribution in [2.45, 2.75) is 36.5 Å². The van der Waals surface area contributed by atoms with Crippen LogP contribution in [-0.4, -0.2) is 33.3 Å². The molecule has 0 fully saturated rings. The molecule has 2 atom stereocenters. The highest BCUT2D eigenvalue weighted by molar-refractivity contribution is 7.92. The summed E-state index contributed by atoms with van der Waals surface area (Å²) >= 11 is 0. The van der Waals surface area contributed by atoms with Gasteiger partial charge in [0.25, 0.3) is 0 Å². The van der Waals surface area contributed by atoms with E-state index in [2.05, 4.69) is 10.6 Å². The maximum absolute atomic E-state index is 12.6. The van der Waals surface area contributed by atoms with Gasteiger partial charge in [0, 0.05) is 12.6 Å². The molecule has 5 heteroatoms. The topological polar surface area (TPSA) is 58.2 Å². The number of rotatable bonds is 3. The molecule has 4 nitrogen and oxygen atoms in total. The minimum absolute atomic E-state index is 0.0809. The van der Waals surface area contributed by atoms with Crippen LogP contribution >= 0.6 is 0 Å². The summed E-state index contributed by atoms with van der Waals surface area (Å²) in [5.74, 6) is 0. The average Bonchev–Trinajstić information content (AvgIpc) is 2.34. The van der Waals surface area contributed by atoms with E-state index in [0.717, 1.165) is 17.7 Å². The van der Waals surface area contributed by atoms with Crippen molar-refractivity contribution in [1.29, 1.82) is 0 Å². The molecule has 0 bridgehead atoms. The molecule has 0 radical (unpaired) electrons. The third kappa shape index (κ3) is 2.01. The number of hydrogen-bond acceptors (Lipinski definition) is 4. The molecule has 1 aliphatic rings. The Labute approximate surface area is 109 Å². The molecule has 0 saturated heterocycles. The number of para-hydroxylation sites is 1. The molecule has 1 aromatic carbocycles. The molecular formula is C13H20N2O2S. The molecule has 0 spiro atoms. The van der Waals surface area contributed by atoms with Gasteiger partial charge in [0.1, 0.15) is 0 Å². The second kappa shape index (κ2) is 4.90. The lowest BCUT2D eigenvalue weighted by molar-refractivity contribution is 0.549. The number of nitrogens with one attached hydrogen (secondary N) is 2. The van der Waals surface area contributed by atoms with E-state index >= 15 is 0 Å². The molecule has 1 aromatic rings. The van der Waals surface area contributed by atoms with Crippen LogP contribution in [0.15, 0.2) is 23.1 Å². The van der Waals surface area contributed by atoms with Gasteiger partial charge in [0.05, 0.1) is 15.8 Å². The van der Waals surface area contributed by atoms with Crippen LogP contribution in [0.2, 0.25) is 0 Å². The molecule has 100 valence electrons. The van der Waals surface area contributed by atoms with Crippen molar-refractivity contribution in [1.82, 2.24) is 5.32 Å². The maximum atomic E-state index is 12.6. The first kappa shape index (κ1) is 13.4. The van der Waals surface area contributed by atoms with Crippen LogP contribution < -0.4 is 10.6 Å². The zero-order valence-electron chi connectivity index (χ0n) is 11.0. The third-order valence-electron chi connectivity index (χ3n) is 3.53. The Bertz CT molecular complexity index is 540. The van der Waals surface area contributed by atoms with Crippen LogP contribution in [0.25, 0.3) is 0 Å². The minimum atomic E-state index is -3.25. The van der Waals surface area contributed by atoms with E-state index in [4.69, 9.17) is 0 Å². The van der Waals surface area contributed by atoms with E-state index in [1.165, 1.54) is 0 Å². The van der Waals surface area contributed by atoms with Gasteiger partial charge in [0.2, 0.25) is 0 Å². The van der Waals surface area contributed by atoms with Crippen LogP contribution in [-0.2, 0) is 16.3 Å². The van der Waals surface area contributed by atoms with E-state index in [1.807, 2.05) is 26.0 Å². The molecule has 1 aliphatic heterocycles. The molecule has 2 rings (SSSR count). The van der Waals surface area contributed by atoms with Crippen LogP contribution in [0.5, 0.6) is 0 Å². The minimum Gasteiger partial charge on any atom is -0.380 e. The number of anilines is 1. The Balaban J connectivity index is 2.58. The third-order valence-corrected chi connectivity index (χ3v) is 5.86.